The van der Waals surface area contributed by atoms with Crippen LogP contribution in [0.1, 0.15) is 31.8 Å². The summed E-state index contributed by atoms with van der Waals surface area (Å²) in [4.78, 5) is 26.6. The average molecular weight is 523 g/mol. The number of benzene rings is 4. The van der Waals surface area contributed by atoms with E-state index in [9.17, 15) is 19.8 Å². The molecular weight excluding hydrogens is 492 g/mol. The predicted molar refractivity (Wildman–Crippen MR) is 151 cm³/mol. The van der Waals surface area contributed by atoms with E-state index in [0.717, 1.165) is 11.1 Å². The lowest BCUT2D eigenvalue weighted by atomic mass is 10.0. The summed E-state index contributed by atoms with van der Waals surface area (Å²) >= 11 is 0. The van der Waals surface area contributed by atoms with E-state index in [0.29, 0.717) is 45.9 Å². The quantitative estimate of drug-likeness (QED) is 0.219. The van der Waals surface area contributed by atoms with E-state index in [2.05, 4.69) is 10.6 Å². The average Bonchev–Trinajstić information content (AvgIpc) is 3.36. The van der Waals surface area contributed by atoms with E-state index in [4.69, 9.17) is 4.42 Å². The van der Waals surface area contributed by atoms with E-state index in [-0.39, 0.29) is 25.0 Å². The number of rotatable bonds is 10. The Kier molecular flexibility index (Phi) is 8.01. The number of para-hydroxylation sites is 2. The van der Waals surface area contributed by atoms with Gasteiger partial charge in [0.25, 0.3) is 11.8 Å². The van der Waals surface area contributed by atoms with Crippen molar-refractivity contribution in [3.63, 3.8) is 0 Å². The maximum atomic E-state index is 13.3. The Morgan fingerprint density at radius 1 is 0.590 bits per heavy atom. The van der Waals surface area contributed by atoms with Crippen LogP contribution in [0.5, 0.6) is 0 Å². The monoisotopic (exact) mass is 522 g/mol. The highest BCUT2D eigenvalue weighted by atomic mass is 16.3. The maximum absolute atomic E-state index is 13.3. The van der Waals surface area contributed by atoms with Gasteiger partial charge in [-0.1, -0.05) is 84.9 Å². The summed E-state index contributed by atoms with van der Waals surface area (Å²) < 4.78 is 6.18. The van der Waals surface area contributed by atoms with Crippen molar-refractivity contribution in [2.24, 2.45) is 0 Å². The molecule has 5 aromatic rings. The van der Waals surface area contributed by atoms with Gasteiger partial charge in [-0.05, 0) is 36.1 Å². The molecule has 0 unspecified atom stereocenters. The van der Waals surface area contributed by atoms with Gasteiger partial charge in [0.2, 0.25) is 0 Å². The second kappa shape index (κ2) is 11.9. The molecule has 7 heteroatoms. The number of nitrogens with one attached hydrogen (secondary N) is 2. The maximum Gasteiger partial charge on any atom is 0.255 e. The topological polar surface area (TPSA) is 112 Å². The van der Waals surface area contributed by atoms with Crippen molar-refractivity contribution in [3.8, 4) is 0 Å². The molecule has 0 bridgehead atoms. The highest BCUT2D eigenvalue weighted by molar-refractivity contribution is 6.17. The van der Waals surface area contributed by atoms with Crippen LogP contribution in [0.15, 0.2) is 101 Å². The first kappa shape index (κ1) is 26.2. The lowest BCUT2D eigenvalue weighted by Crippen LogP contribution is -2.39. The van der Waals surface area contributed by atoms with Crippen molar-refractivity contribution < 1.29 is 24.2 Å². The van der Waals surface area contributed by atoms with Gasteiger partial charge in [-0.25, -0.2) is 0 Å². The third-order valence-corrected chi connectivity index (χ3v) is 6.77. The molecule has 198 valence electrons. The molecule has 2 amide bonds. The Morgan fingerprint density at radius 3 is 1.38 bits per heavy atom. The van der Waals surface area contributed by atoms with E-state index >= 15 is 0 Å². The number of fused-ring (bicyclic) bond motifs is 3. The van der Waals surface area contributed by atoms with Gasteiger partial charge in [-0.3, -0.25) is 9.59 Å². The second-order valence-electron chi connectivity index (χ2n) is 9.55. The molecule has 7 nitrogen and oxygen atoms in total. The lowest BCUT2D eigenvalue weighted by Gasteiger charge is -2.16. The molecule has 4 N–H and O–H groups in total. The van der Waals surface area contributed by atoms with Crippen molar-refractivity contribution in [3.05, 3.63) is 119 Å². The van der Waals surface area contributed by atoms with Crippen molar-refractivity contribution >= 4 is 33.8 Å². The summed E-state index contributed by atoms with van der Waals surface area (Å²) in [5.74, 6) is -0.743. The summed E-state index contributed by atoms with van der Waals surface area (Å²) in [5, 5.41) is 27.0. The molecule has 39 heavy (non-hydrogen) atoms. The Morgan fingerprint density at radius 2 is 1.00 bits per heavy atom. The first-order chi connectivity index (χ1) is 19.1. The standard InChI is InChI=1S/C32H30N2O5/c35-19-23(17-21-9-3-1-4-10-21)33-31(37)27-15-7-13-25-26-14-8-16-28(30(26)39-29(25)27)32(38)34-24(20-36)18-22-11-5-2-6-12-22/h1-16,23-24,35-36H,17-20H2,(H,33,37)(H,34,38)/t23-,24-/m1/s1. The van der Waals surface area contributed by atoms with E-state index < -0.39 is 12.1 Å². The van der Waals surface area contributed by atoms with Crippen LogP contribution in [0.25, 0.3) is 21.9 Å². The summed E-state index contributed by atoms with van der Waals surface area (Å²) in [5.41, 5.74) is 3.37. The van der Waals surface area contributed by atoms with Gasteiger partial charge in [0.15, 0.2) is 0 Å². The fourth-order valence-corrected chi connectivity index (χ4v) is 4.82. The minimum absolute atomic E-state index is 0.212. The zero-order valence-corrected chi connectivity index (χ0v) is 21.3. The minimum atomic E-state index is -0.471. The molecule has 2 atom stereocenters. The van der Waals surface area contributed by atoms with Crippen molar-refractivity contribution in [2.75, 3.05) is 13.2 Å². The van der Waals surface area contributed by atoms with Gasteiger partial charge in [0.05, 0.1) is 36.4 Å². The lowest BCUT2D eigenvalue weighted by molar-refractivity contribution is 0.0911. The van der Waals surface area contributed by atoms with E-state index in [1.807, 2.05) is 72.8 Å². The first-order valence-electron chi connectivity index (χ1n) is 12.9. The first-order valence-corrected chi connectivity index (χ1v) is 12.9. The Hall–Kier alpha value is -4.46. The Bertz CT molecular complexity index is 1460. The van der Waals surface area contributed by atoms with Crippen LogP contribution in [-0.2, 0) is 12.8 Å². The zero-order chi connectivity index (χ0) is 27.2. The van der Waals surface area contributed by atoms with Crippen LogP contribution in [0.4, 0.5) is 0 Å². The number of carbonyl (C=O) groups is 2. The smallest absolute Gasteiger partial charge is 0.255 e. The Labute approximate surface area is 226 Å². The van der Waals surface area contributed by atoms with Crippen LogP contribution in [0, 0.1) is 0 Å². The molecule has 0 spiro atoms. The summed E-state index contributed by atoms with van der Waals surface area (Å²) in [6.07, 6.45) is 0.969. The number of aliphatic hydroxyl groups excluding tert-OH is 2. The molecule has 0 aliphatic heterocycles. The molecule has 0 aliphatic rings. The van der Waals surface area contributed by atoms with Crippen molar-refractivity contribution in [1.82, 2.24) is 10.6 Å². The van der Waals surface area contributed by atoms with Gasteiger partial charge in [0.1, 0.15) is 11.2 Å². The number of hydrogen-bond acceptors (Lipinski definition) is 5. The van der Waals surface area contributed by atoms with Crippen molar-refractivity contribution in [2.45, 2.75) is 24.9 Å². The van der Waals surface area contributed by atoms with Crippen LogP contribution < -0.4 is 10.6 Å². The number of furan rings is 1. The molecule has 4 aromatic carbocycles. The predicted octanol–water partition coefficient (Wildman–Crippen LogP) is 4.25. The van der Waals surface area contributed by atoms with E-state index in [1.165, 1.54) is 0 Å². The van der Waals surface area contributed by atoms with Gasteiger partial charge in [-0.15, -0.1) is 0 Å². The molecule has 0 saturated carbocycles. The molecule has 0 fully saturated rings. The third kappa shape index (κ3) is 5.85. The molecule has 1 aromatic heterocycles. The molecule has 0 radical (unpaired) electrons. The van der Waals surface area contributed by atoms with Gasteiger partial charge < -0.3 is 25.3 Å². The normalized spacial score (nSPS) is 12.8. The van der Waals surface area contributed by atoms with Gasteiger partial charge in [0, 0.05) is 10.8 Å². The molecule has 0 aliphatic carbocycles. The second-order valence-corrected chi connectivity index (χ2v) is 9.55. The molecular formula is C32H30N2O5. The van der Waals surface area contributed by atoms with Crippen LogP contribution >= 0.6 is 0 Å². The van der Waals surface area contributed by atoms with Crippen LogP contribution in [0.3, 0.4) is 0 Å². The molecule has 1 heterocycles. The third-order valence-electron chi connectivity index (χ3n) is 6.77. The zero-order valence-electron chi connectivity index (χ0n) is 21.3. The SMILES string of the molecule is O=C(N[C@@H](CO)Cc1ccccc1)c1cccc2c1oc1c(C(=O)N[C@@H](CO)Cc3ccccc3)cccc12. The fourth-order valence-electron chi connectivity index (χ4n) is 4.82. The fraction of sp³-hybridized carbons (Fsp3) is 0.188. The molecule has 5 rings (SSSR count). The minimum Gasteiger partial charge on any atom is -0.454 e. The number of amides is 2. The van der Waals surface area contributed by atoms with E-state index in [1.54, 1.807) is 24.3 Å². The number of aliphatic hydroxyl groups is 2. The Balaban J connectivity index is 1.41. The van der Waals surface area contributed by atoms with Crippen LogP contribution in [-0.4, -0.2) is 47.3 Å². The molecule has 0 saturated heterocycles. The summed E-state index contributed by atoms with van der Waals surface area (Å²) in [7, 11) is 0. The van der Waals surface area contributed by atoms with Gasteiger partial charge >= 0.3 is 0 Å². The highest BCUT2D eigenvalue weighted by Gasteiger charge is 2.22. The van der Waals surface area contributed by atoms with Gasteiger partial charge in [-0.2, -0.15) is 0 Å². The highest BCUT2D eigenvalue weighted by Crippen LogP contribution is 2.33. The summed E-state index contributed by atoms with van der Waals surface area (Å²) in [6, 6.07) is 28.9. The summed E-state index contributed by atoms with van der Waals surface area (Å²) in [6.45, 7) is -0.424. The number of carbonyl (C=O) groups excluding carboxylic acids is 2. The largest absolute Gasteiger partial charge is 0.454 e. The number of hydrogen-bond donors (Lipinski definition) is 4. The van der Waals surface area contributed by atoms with Crippen LogP contribution in [0.2, 0.25) is 0 Å². The van der Waals surface area contributed by atoms with Crippen molar-refractivity contribution in [1.29, 1.82) is 0 Å².